The number of carbonyl (C=O) groups is 2. The third kappa shape index (κ3) is 4.32. The van der Waals surface area contributed by atoms with Crippen molar-refractivity contribution in [3.8, 4) is 0 Å². The van der Waals surface area contributed by atoms with Crippen molar-refractivity contribution in [2.24, 2.45) is 4.40 Å². The SMILES string of the molecule is O=C(O)c1cccc(NC2=C/C(=N/S(=O)(=O)c3ccc(Cl)cc3)c3ccccc3C2=O)c1. The van der Waals surface area contributed by atoms with Crippen LogP contribution in [-0.4, -0.2) is 31.0 Å². The minimum absolute atomic E-state index is 0.0402. The quantitative estimate of drug-likeness (QED) is 0.576. The highest BCUT2D eigenvalue weighted by Crippen LogP contribution is 2.26. The number of aromatic carboxylic acids is 1. The zero-order chi connectivity index (χ0) is 22.9. The molecule has 32 heavy (non-hydrogen) atoms. The van der Waals surface area contributed by atoms with E-state index in [1.54, 1.807) is 30.3 Å². The molecule has 0 aromatic heterocycles. The van der Waals surface area contributed by atoms with Crippen LogP contribution in [0.3, 0.4) is 0 Å². The van der Waals surface area contributed by atoms with Gasteiger partial charge >= 0.3 is 5.97 Å². The molecule has 1 aliphatic rings. The van der Waals surface area contributed by atoms with E-state index in [4.69, 9.17) is 11.6 Å². The van der Waals surface area contributed by atoms with Gasteiger partial charge in [-0.15, -0.1) is 0 Å². The Labute approximate surface area is 188 Å². The fourth-order valence-electron chi connectivity index (χ4n) is 3.17. The molecule has 3 aromatic rings. The number of carbonyl (C=O) groups excluding carboxylic acids is 1. The summed E-state index contributed by atoms with van der Waals surface area (Å²) < 4.78 is 29.7. The van der Waals surface area contributed by atoms with E-state index in [1.807, 2.05) is 0 Å². The van der Waals surface area contributed by atoms with Crippen molar-refractivity contribution >= 4 is 44.8 Å². The molecule has 0 saturated heterocycles. The van der Waals surface area contributed by atoms with Crippen LogP contribution >= 0.6 is 11.6 Å². The van der Waals surface area contributed by atoms with Crippen LogP contribution in [0.1, 0.15) is 26.3 Å². The maximum Gasteiger partial charge on any atom is 0.335 e. The van der Waals surface area contributed by atoms with E-state index in [1.165, 1.54) is 48.5 Å². The maximum absolute atomic E-state index is 13.0. The maximum atomic E-state index is 13.0. The van der Waals surface area contributed by atoms with Crippen LogP contribution in [0.5, 0.6) is 0 Å². The van der Waals surface area contributed by atoms with Gasteiger partial charge in [-0.05, 0) is 48.5 Å². The number of rotatable bonds is 5. The number of nitrogens with one attached hydrogen (secondary N) is 1. The summed E-state index contributed by atoms with van der Waals surface area (Å²) in [5, 5.41) is 12.5. The summed E-state index contributed by atoms with van der Waals surface area (Å²) in [5.41, 5.74) is 1.20. The largest absolute Gasteiger partial charge is 0.478 e. The average Bonchev–Trinajstić information content (AvgIpc) is 2.77. The molecular weight excluding hydrogens is 452 g/mol. The smallest absolute Gasteiger partial charge is 0.335 e. The van der Waals surface area contributed by atoms with Crippen LogP contribution in [0.25, 0.3) is 0 Å². The Balaban J connectivity index is 1.80. The van der Waals surface area contributed by atoms with Gasteiger partial charge in [0.05, 0.1) is 21.9 Å². The molecule has 2 N–H and O–H groups in total. The summed E-state index contributed by atoms with van der Waals surface area (Å²) in [6, 6.07) is 18.1. The fraction of sp³-hybridized carbons (Fsp3) is 0. The number of benzene rings is 3. The normalized spacial score (nSPS) is 14.6. The summed E-state index contributed by atoms with van der Waals surface area (Å²) in [5.74, 6) is -1.48. The van der Waals surface area contributed by atoms with Crippen LogP contribution < -0.4 is 5.32 Å². The first-order chi connectivity index (χ1) is 15.2. The zero-order valence-corrected chi connectivity index (χ0v) is 17.9. The monoisotopic (exact) mass is 466 g/mol. The number of halogens is 1. The molecule has 0 heterocycles. The number of carboxylic acids is 1. The van der Waals surface area contributed by atoms with Crippen molar-refractivity contribution in [2.45, 2.75) is 4.90 Å². The van der Waals surface area contributed by atoms with Crippen molar-refractivity contribution in [1.29, 1.82) is 0 Å². The highest BCUT2D eigenvalue weighted by Gasteiger charge is 2.26. The molecule has 1 aliphatic carbocycles. The van der Waals surface area contributed by atoms with Gasteiger partial charge in [0.1, 0.15) is 0 Å². The Kier molecular flexibility index (Phi) is 5.65. The first-order valence-corrected chi connectivity index (χ1v) is 11.1. The second-order valence-corrected chi connectivity index (χ2v) is 8.89. The Morgan fingerprint density at radius 1 is 0.938 bits per heavy atom. The van der Waals surface area contributed by atoms with Gasteiger partial charge in [-0.2, -0.15) is 12.8 Å². The van der Waals surface area contributed by atoms with E-state index < -0.39 is 16.0 Å². The molecule has 160 valence electrons. The molecule has 0 unspecified atom stereocenters. The molecule has 0 fully saturated rings. The number of anilines is 1. The van der Waals surface area contributed by atoms with Gasteiger partial charge in [0.15, 0.2) is 0 Å². The number of hydrogen-bond acceptors (Lipinski definition) is 5. The average molecular weight is 467 g/mol. The third-order valence-corrected chi connectivity index (χ3v) is 6.25. The van der Waals surface area contributed by atoms with E-state index in [0.717, 1.165) is 0 Å². The highest BCUT2D eigenvalue weighted by molar-refractivity contribution is 7.90. The van der Waals surface area contributed by atoms with Crippen LogP contribution in [0, 0.1) is 0 Å². The van der Waals surface area contributed by atoms with E-state index >= 15 is 0 Å². The zero-order valence-electron chi connectivity index (χ0n) is 16.3. The van der Waals surface area contributed by atoms with Gasteiger partial charge in [0.2, 0.25) is 5.78 Å². The lowest BCUT2D eigenvalue weighted by molar-refractivity contribution is 0.0696. The summed E-state index contributed by atoms with van der Waals surface area (Å²) in [6.45, 7) is 0. The minimum atomic E-state index is -4.08. The van der Waals surface area contributed by atoms with Crippen molar-refractivity contribution < 1.29 is 23.1 Å². The summed E-state index contributed by atoms with van der Waals surface area (Å²) in [6.07, 6.45) is 1.34. The van der Waals surface area contributed by atoms with Gasteiger partial charge in [-0.3, -0.25) is 4.79 Å². The number of carboxylic acid groups (broad SMARTS) is 1. The molecule has 0 saturated carbocycles. The Morgan fingerprint density at radius 3 is 2.31 bits per heavy atom. The van der Waals surface area contributed by atoms with Crippen LogP contribution in [0.4, 0.5) is 5.69 Å². The van der Waals surface area contributed by atoms with Crippen LogP contribution in [0.15, 0.2) is 93.9 Å². The second kappa shape index (κ2) is 8.41. The standard InChI is InChI=1S/C23H15ClN2O5S/c24-15-8-10-17(11-9-15)32(30,31)26-20-13-21(22(27)19-7-2-1-6-18(19)20)25-16-5-3-4-14(12-16)23(28)29/h1-13,25H,(H,28,29)/b26-20-. The minimum Gasteiger partial charge on any atom is -0.478 e. The van der Waals surface area contributed by atoms with Crippen molar-refractivity contribution in [3.05, 3.63) is 106 Å². The number of sulfonamides is 1. The van der Waals surface area contributed by atoms with Gasteiger partial charge in [-0.1, -0.05) is 41.9 Å². The fourth-order valence-corrected chi connectivity index (χ4v) is 4.29. The Morgan fingerprint density at radius 2 is 1.62 bits per heavy atom. The van der Waals surface area contributed by atoms with Crippen LogP contribution in [0.2, 0.25) is 5.02 Å². The van der Waals surface area contributed by atoms with Crippen molar-refractivity contribution in [3.63, 3.8) is 0 Å². The molecule has 4 rings (SSSR count). The second-order valence-electron chi connectivity index (χ2n) is 6.85. The molecule has 0 amide bonds. The molecule has 0 aliphatic heterocycles. The predicted molar refractivity (Wildman–Crippen MR) is 121 cm³/mol. The molecular formula is C23H15ClN2O5S. The Bertz CT molecular complexity index is 1410. The molecule has 9 heteroatoms. The van der Waals surface area contributed by atoms with E-state index in [9.17, 15) is 23.1 Å². The topological polar surface area (TPSA) is 113 Å². The van der Waals surface area contributed by atoms with Crippen molar-refractivity contribution in [2.75, 3.05) is 5.32 Å². The van der Waals surface area contributed by atoms with E-state index in [-0.39, 0.29) is 33.2 Å². The van der Waals surface area contributed by atoms with Crippen molar-refractivity contribution in [1.82, 2.24) is 0 Å². The lowest BCUT2D eigenvalue weighted by Gasteiger charge is -2.19. The number of nitrogens with zero attached hydrogens (tertiary/aromatic N) is 1. The van der Waals surface area contributed by atoms with Gasteiger partial charge in [0, 0.05) is 21.8 Å². The van der Waals surface area contributed by atoms with Gasteiger partial charge < -0.3 is 10.4 Å². The Hall–Kier alpha value is -3.75. The van der Waals surface area contributed by atoms with E-state index in [2.05, 4.69) is 9.71 Å². The number of ketones is 1. The molecule has 0 atom stereocenters. The molecule has 7 nitrogen and oxygen atoms in total. The molecule has 0 radical (unpaired) electrons. The number of hydrogen-bond donors (Lipinski definition) is 2. The summed E-state index contributed by atoms with van der Waals surface area (Å²) >= 11 is 5.84. The number of allylic oxidation sites excluding steroid dienone is 2. The van der Waals surface area contributed by atoms with E-state index in [0.29, 0.717) is 16.3 Å². The summed E-state index contributed by atoms with van der Waals surface area (Å²) in [4.78, 5) is 24.2. The molecule has 0 spiro atoms. The lowest BCUT2D eigenvalue weighted by Crippen LogP contribution is -2.22. The molecule has 3 aromatic carbocycles. The van der Waals surface area contributed by atoms with Crippen LogP contribution in [-0.2, 0) is 10.0 Å². The van der Waals surface area contributed by atoms with Gasteiger partial charge in [0.25, 0.3) is 10.0 Å². The predicted octanol–water partition coefficient (Wildman–Crippen LogP) is 4.41. The lowest BCUT2D eigenvalue weighted by atomic mass is 9.92. The number of fused-ring (bicyclic) bond motifs is 1. The number of Topliss-reactive ketones (excluding diaryl/α,β-unsaturated/α-hetero) is 1. The summed E-state index contributed by atoms with van der Waals surface area (Å²) in [7, 11) is -4.08. The first kappa shape index (κ1) is 21.5. The third-order valence-electron chi connectivity index (χ3n) is 4.69. The first-order valence-electron chi connectivity index (χ1n) is 9.31. The highest BCUT2D eigenvalue weighted by atomic mass is 35.5. The molecule has 0 bridgehead atoms. The van der Waals surface area contributed by atoms with Gasteiger partial charge in [-0.25, -0.2) is 4.79 Å².